The molecule has 0 amide bonds. The Morgan fingerprint density at radius 1 is 1.37 bits per heavy atom. The molecule has 5 heteroatoms. The van der Waals surface area contributed by atoms with E-state index >= 15 is 0 Å². The van der Waals surface area contributed by atoms with Crippen LogP contribution in [0.3, 0.4) is 0 Å². The lowest BCUT2D eigenvalue weighted by Crippen LogP contribution is -2.07. The van der Waals surface area contributed by atoms with Crippen LogP contribution in [-0.4, -0.2) is 14.9 Å². The van der Waals surface area contributed by atoms with E-state index in [9.17, 15) is 5.11 Å². The third kappa shape index (κ3) is 2.85. The van der Waals surface area contributed by atoms with E-state index in [0.717, 1.165) is 5.69 Å². The second kappa shape index (κ2) is 5.39. The van der Waals surface area contributed by atoms with Gasteiger partial charge in [-0.15, -0.1) is 0 Å². The van der Waals surface area contributed by atoms with Crippen molar-refractivity contribution in [1.29, 1.82) is 0 Å². The maximum atomic E-state index is 10.1. The Hall–Kier alpha value is -1.26. The lowest BCUT2D eigenvalue weighted by Gasteiger charge is -2.09. The predicted octanol–water partition coefficient (Wildman–Crippen LogP) is 3.52. The fourth-order valence-electron chi connectivity index (χ4n) is 2.66. The molecule has 3 rings (SSSR count). The van der Waals surface area contributed by atoms with E-state index in [4.69, 9.17) is 16.0 Å². The molecule has 4 nitrogen and oxygen atoms in total. The average Bonchev–Trinajstić information content (AvgIpc) is 3.07. The highest BCUT2D eigenvalue weighted by Gasteiger charge is 2.19. The molecule has 2 heterocycles. The SMILES string of the molecule is OC(Cc1ccn(C2CCCC2)n1)c1ccc(Cl)o1. The van der Waals surface area contributed by atoms with E-state index < -0.39 is 6.10 Å². The van der Waals surface area contributed by atoms with E-state index in [1.54, 1.807) is 12.1 Å². The standard InChI is InChI=1S/C14H17ClN2O2/c15-14-6-5-13(19-14)12(18)9-10-7-8-17(16-10)11-3-1-2-4-11/h5-8,11-12,18H,1-4,9H2. The number of aromatic nitrogens is 2. The molecule has 1 saturated carbocycles. The Labute approximate surface area is 117 Å². The summed E-state index contributed by atoms with van der Waals surface area (Å²) in [6, 6.07) is 5.83. The highest BCUT2D eigenvalue weighted by atomic mass is 35.5. The second-order valence-electron chi connectivity index (χ2n) is 5.09. The van der Waals surface area contributed by atoms with Crippen molar-refractivity contribution >= 4 is 11.6 Å². The maximum Gasteiger partial charge on any atom is 0.193 e. The molecule has 2 aromatic heterocycles. The molecular formula is C14H17ClN2O2. The van der Waals surface area contributed by atoms with Crippen molar-refractivity contribution in [2.75, 3.05) is 0 Å². The number of halogens is 1. The first-order chi connectivity index (χ1) is 9.22. The molecule has 0 bridgehead atoms. The van der Waals surface area contributed by atoms with Gasteiger partial charge in [0.05, 0.1) is 11.7 Å². The highest BCUT2D eigenvalue weighted by molar-refractivity contribution is 6.28. The number of rotatable bonds is 4. The van der Waals surface area contributed by atoms with Crippen molar-refractivity contribution < 1.29 is 9.52 Å². The fourth-order valence-corrected chi connectivity index (χ4v) is 2.82. The number of aliphatic hydroxyl groups excluding tert-OH is 1. The summed E-state index contributed by atoms with van der Waals surface area (Å²) in [5.74, 6) is 0.486. The normalized spacial score (nSPS) is 18.0. The van der Waals surface area contributed by atoms with Crippen molar-refractivity contribution in [2.24, 2.45) is 0 Å². The van der Waals surface area contributed by atoms with Crippen molar-refractivity contribution in [3.63, 3.8) is 0 Å². The van der Waals surface area contributed by atoms with Crippen LogP contribution in [0.15, 0.2) is 28.8 Å². The number of furan rings is 1. The summed E-state index contributed by atoms with van der Waals surface area (Å²) < 4.78 is 7.24. The second-order valence-corrected chi connectivity index (χ2v) is 5.46. The smallest absolute Gasteiger partial charge is 0.193 e. The summed E-state index contributed by atoms with van der Waals surface area (Å²) in [5.41, 5.74) is 0.881. The van der Waals surface area contributed by atoms with Gasteiger partial charge >= 0.3 is 0 Å². The molecular weight excluding hydrogens is 264 g/mol. The minimum Gasteiger partial charge on any atom is -0.447 e. The third-order valence-electron chi connectivity index (χ3n) is 3.69. The Morgan fingerprint density at radius 2 is 2.16 bits per heavy atom. The van der Waals surface area contributed by atoms with E-state index in [0.29, 0.717) is 23.4 Å². The van der Waals surface area contributed by atoms with Crippen molar-refractivity contribution in [3.8, 4) is 0 Å². The molecule has 102 valence electrons. The molecule has 1 N–H and O–H groups in total. The van der Waals surface area contributed by atoms with Crippen LogP contribution >= 0.6 is 11.6 Å². The zero-order chi connectivity index (χ0) is 13.2. The molecule has 1 aliphatic rings. The first-order valence-electron chi connectivity index (χ1n) is 6.70. The fraction of sp³-hybridized carbons (Fsp3) is 0.500. The van der Waals surface area contributed by atoms with Crippen LogP contribution in [-0.2, 0) is 6.42 Å². The number of aliphatic hydroxyl groups is 1. The quantitative estimate of drug-likeness (QED) is 0.932. The van der Waals surface area contributed by atoms with Crippen LogP contribution in [0.1, 0.15) is 49.3 Å². The van der Waals surface area contributed by atoms with Gasteiger partial charge in [-0.25, -0.2) is 0 Å². The molecule has 0 spiro atoms. The van der Waals surface area contributed by atoms with Gasteiger partial charge in [0, 0.05) is 12.6 Å². The number of nitrogens with zero attached hydrogens (tertiary/aromatic N) is 2. The Morgan fingerprint density at radius 3 is 2.84 bits per heavy atom. The summed E-state index contributed by atoms with van der Waals surface area (Å²) in [6.45, 7) is 0. The molecule has 1 atom stereocenters. The average molecular weight is 281 g/mol. The predicted molar refractivity (Wildman–Crippen MR) is 72.1 cm³/mol. The highest BCUT2D eigenvalue weighted by Crippen LogP contribution is 2.29. The van der Waals surface area contributed by atoms with Crippen LogP contribution in [0.2, 0.25) is 5.22 Å². The van der Waals surface area contributed by atoms with Gasteiger partial charge in [0.2, 0.25) is 0 Å². The molecule has 1 fully saturated rings. The molecule has 19 heavy (non-hydrogen) atoms. The summed E-state index contributed by atoms with van der Waals surface area (Å²) in [7, 11) is 0. The minimum absolute atomic E-state index is 0.297. The van der Waals surface area contributed by atoms with Gasteiger partial charge in [-0.2, -0.15) is 5.10 Å². The first kappa shape index (κ1) is 12.8. The van der Waals surface area contributed by atoms with Gasteiger partial charge in [-0.1, -0.05) is 12.8 Å². The largest absolute Gasteiger partial charge is 0.447 e. The van der Waals surface area contributed by atoms with Crippen molar-refractivity contribution in [2.45, 2.75) is 44.2 Å². The molecule has 0 radical (unpaired) electrons. The summed E-state index contributed by atoms with van der Waals surface area (Å²) >= 11 is 5.70. The molecule has 0 aromatic carbocycles. The molecule has 1 aliphatic carbocycles. The van der Waals surface area contributed by atoms with Gasteiger partial charge in [0.15, 0.2) is 5.22 Å². The minimum atomic E-state index is -0.695. The molecule has 0 saturated heterocycles. The molecule has 1 unspecified atom stereocenters. The summed E-state index contributed by atoms with van der Waals surface area (Å²) in [6.07, 6.45) is 6.74. The van der Waals surface area contributed by atoms with Gasteiger partial charge < -0.3 is 9.52 Å². The maximum absolute atomic E-state index is 10.1. The third-order valence-corrected chi connectivity index (χ3v) is 3.89. The van der Waals surface area contributed by atoms with E-state index in [-0.39, 0.29) is 0 Å². The van der Waals surface area contributed by atoms with Crippen LogP contribution < -0.4 is 0 Å². The van der Waals surface area contributed by atoms with E-state index in [1.165, 1.54) is 25.7 Å². The van der Waals surface area contributed by atoms with Crippen LogP contribution in [0.5, 0.6) is 0 Å². The van der Waals surface area contributed by atoms with Crippen LogP contribution in [0.25, 0.3) is 0 Å². The topological polar surface area (TPSA) is 51.2 Å². The summed E-state index contributed by atoms with van der Waals surface area (Å²) in [5, 5.41) is 14.9. The van der Waals surface area contributed by atoms with Gasteiger partial charge in [-0.05, 0) is 42.6 Å². The van der Waals surface area contributed by atoms with Crippen LogP contribution in [0, 0.1) is 0 Å². The molecule has 0 aliphatic heterocycles. The number of hydrogen-bond donors (Lipinski definition) is 1. The molecule has 2 aromatic rings. The van der Waals surface area contributed by atoms with Gasteiger partial charge in [0.1, 0.15) is 11.9 Å². The Balaban J connectivity index is 1.66. The monoisotopic (exact) mass is 280 g/mol. The lowest BCUT2D eigenvalue weighted by atomic mass is 10.1. The summed E-state index contributed by atoms with van der Waals surface area (Å²) in [4.78, 5) is 0. The zero-order valence-electron chi connectivity index (χ0n) is 10.6. The van der Waals surface area contributed by atoms with Gasteiger partial charge in [0.25, 0.3) is 0 Å². The van der Waals surface area contributed by atoms with E-state index in [1.807, 2.05) is 16.9 Å². The van der Waals surface area contributed by atoms with E-state index in [2.05, 4.69) is 5.10 Å². The zero-order valence-corrected chi connectivity index (χ0v) is 11.4. The van der Waals surface area contributed by atoms with Crippen LogP contribution in [0.4, 0.5) is 0 Å². The number of hydrogen-bond acceptors (Lipinski definition) is 3. The van der Waals surface area contributed by atoms with Gasteiger partial charge in [-0.3, -0.25) is 4.68 Å². The Bertz CT molecular complexity index is 543. The van der Waals surface area contributed by atoms with Crippen molar-refractivity contribution in [1.82, 2.24) is 9.78 Å². The Kier molecular flexibility index (Phi) is 3.62. The van der Waals surface area contributed by atoms with Crippen molar-refractivity contribution in [3.05, 3.63) is 41.1 Å². The lowest BCUT2D eigenvalue weighted by molar-refractivity contribution is 0.149. The first-order valence-corrected chi connectivity index (χ1v) is 7.07.